The van der Waals surface area contributed by atoms with Crippen molar-refractivity contribution in [2.24, 2.45) is 0 Å². The molecule has 0 heterocycles. The van der Waals surface area contributed by atoms with Gasteiger partial charge in [-0.25, -0.2) is 16.8 Å². The van der Waals surface area contributed by atoms with Gasteiger partial charge in [-0.05, 0) is 42.8 Å². The molecule has 0 aromatic heterocycles. The second-order valence-corrected chi connectivity index (χ2v) is 10.9. The number of nitrogens with zero attached hydrogens (tertiary/aromatic N) is 1. The van der Waals surface area contributed by atoms with Gasteiger partial charge >= 0.3 is 6.18 Å². The number of halogens is 3. The largest absolute Gasteiger partial charge is 0.416 e. The Morgan fingerprint density at radius 1 is 1.03 bits per heavy atom. The van der Waals surface area contributed by atoms with Crippen molar-refractivity contribution < 1.29 is 34.8 Å². The third-order valence-electron chi connectivity index (χ3n) is 4.33. The minimum absolute atomic E-state index is 0.0996. The molecule has 0 saturated carbocycles. The zero-order valence-corrected chi connectivity index (χ0v) is 18.5. The first-order valence-corrected chi connectivity index (χ1v) is 12.6. The number of rotatable bonds is 7. The highest BCUT2D eigenvalue weighted by molar-refractivity contribution is 7.92. The fourth-order valence-corrected chi connectivity index (χ4v) is 4.22. The van der Waals surface area contributed by atoms with E-state index in [1.54, 1.807) is 6.92 Å². The van der Waals surface area contributed by atoms with E-state index in [2.05, 4.69) is 5.32 Å². The van der Waals surface area contributed by atoms with Crippen LogP contribution in [0.4, 0.5) is 18.9 Å². The van der Waals surface area contributed by atoms with Crippen LogP contribution in [0, 0.1) is 0 Å². The number of carbonyl (C=O) groups excluding carboxylic acids is 1. The average molecular weight is 479 g/mol. The number of nitrogens with one attached hydrogen (secondary N) is 1. The summed E-state index contributed by atoms with van der Waals surface area (Å²) in [7, 11) is -7.45. The zero-order valence-electron chi connectivity index (χ0n) is 16.8. The number of alkyl halides is 3. The Hall–Kier alpha value is -2.60. The molecule has 0 spiro atoms. The van der Waals surface area contributed by atoms with Crippen molar-refractivity contribution in [3.63, 3.8) is 0 Å². The van der Waals surface area contributed by atoms with Crippen molar-refractivity contribution in [3.05, 3.63) is 59.7 Å². The number of sulfone groups is 1. The summed E-state index contributed by atoms with van der Waals surface area (Å²) in [6.45, 7) is 0.869. The lowest BCUT2D eigenvalue weighted by atomic mass is 10.1. The Bertz CT molecular complexity index is 1160. The molecule has 2 aromatic carbocycles. The lowest BCUT2D eigenvalue weighted by Gasteiger charge is -2.24. The molecule has 170 valence electrons. The highest BCUT2D eigenvalue weighted by Gasteiger charge is 2.32. The third-order valence-corrected chi connectivity index (χ3v) is 6.60. The van der Waals surface area contributed by atoms with Crippen LogP contribution in [0.15, 0.2) is 53.4 Å². The fraction of sp³-hybridized carbons (Fsp3) is 0.316. The maximum atomic E-state index is 13.0. The van der Waals surface area contributed by atoms with E-state index in [9.17, 15) is 34.8 Å². The summed E-state index contributed by atoms with van der Waals surface area (Å²) in [6.07, 6.45) is -2.83. The fourth-order valence-electron chi connectivity index (χ4n) is 2.74. The Morgan fingerprint density at radius 3 is 2.10 bits per heavy atom. The van der Waals surface area contributed by atoms with Gasteiger partial charge in [0, 0.05) is 6.26 Å². The minimum Gasteiger partial charge on any atom is -0.348 e. The second kappa shape index (κ2) is 8.87. The van der Waals surface area contributed by atoms with Gasteiger partial charge in [-0.3, -0.25) is 9.10 Å². The van der Waals surface area contributed by atoms with E-state index in [1.165, 1.54) is 24.3 Å². The maximum Gasteiger partial charge on any atom is 0.416 e. The molecule has 1 N–H and O–H groups in total. The van der Waals surface area contributed by atoms with Crippen LogP contribution in [0.3, 0.4) is 0 Å². The highest BCUT2D eigenvalue weighted by atomic mass is 32.2. The summed E-state index contributed by atoms with van der Waals surface area (Å²) in [5.41, 5.74) is -0.776. The first kappa shape index (κ1) is 24.7. The van der Waals surface area contributed by atoms with E-state index in [-0.39, 0.29) is 10.6 Å². The minimum atomic E-state index is -4.67. The van der Waals surface area contributed by atoms with Crippen molar-refractivity contribution in [1.82, 2.24) is 5.32 Å². The first-order chi connectivity index (χ1) is 14.1. The number of amides is 1. The number of carbonyl (C=O) groups is 1. The maximum absolute atomic E-state index is 13.0. The van der Waals surface area contributed by atoms with Crippen LogP contribution in [-0.4, -0.2) is 41.8 Å². The average Bonchev–Trinajstić information content (AvgIpc) is 2.64. The van der Waals surface area contributed by atoms with Crippen molar-refractivity contribution in [3.8, 4) is 0 Å². The Kier molecular flexibility index (Phi) is 7.06. The second-order valence-electron chi connectivity index (χ2n) is 6.95. The van der Waals surface area contributed by atoms with Gasteiger partial charge in [-0.2, -0.15) is 13.2 Å². The molecule has 1 atom stereocenters. The highest BCUT2D eigenvalue weighted by Crippen LogP contribution is 2.32. The van der Waals surface area contributed by atoms with E-state index in [0.29, 0.717) is 15.9 Å². The number of hydrogen-bond donors (Lipinski definition) is 1. The van der Waals surface area contributed by atoms with E-state index < -0.39 is 50.1 Å². The molecule has 0 aliphatic rings. The van der Waals surface area contributed by atoms with Crippen LogP contribution >= 0.6 is 0 Å². The van der Waals surface area contributed by atoms with Crippen LogP contribution in [0.2, 0.25) is 0 Å². The summed E-state index contributed by atoms with van der Waals surface area (Å²) >= 11 is 0. The SMILES string of the molecule is CC(NC(=O)CN(c1cccc(C(F)(F)F)c1)S(C)(=O)=O)c1ccc(S(C)(=O)=O)cc1. The smallest absolute Gasteiger partial charge is 0.348 e. The van der Waals surface area contributed by atoms with Crippen LogP contribution in [0.25, 0.3) is 0 Å². The van der Waals surface area contributed by atoms with Gasteiger partial charge < -0.3 is 5.32 Å². The molecule has 2 aromatic rings. The Balaban J connectivity index is 2.20. The molecule has 0 aliphatic carbocycles. The molecule has 0 radical (unpaired) electrons. The van der Waals surface area contributed by atoms with Gasteiger partial charge in [-0.15, -0.1) is 0 Å². The van der Waals surface area contributed by atoms with E-state index in [4.69, 9.17) is 0 Å². The lowest BCUT2D eigenvalue weighted by Crippen LogP contribution is -2.41. The van der Waals surface area contributed by atoms with Gasteiger partial charge in [0.25, 0.3) is 0 Å². The van der Waals surface area contributed by atoms with Crippen LogP contribution < -0.4 is 9.62 Å². The van der Waals surface area contributed by atoms with Gasteiger partial charge in [-0.1, -0.05) is 18.2 Å². The van der Waals surface area contributed by atoms with Gasteiger partial charge in [0.15, 0.2) is 9.84 Å². The summed E-state index contributed by atoms with van der Waals surface area (Å²) in [5.74, 6) is -0.748. The van der Waals surface area contributed by atoms with Crippen molar-refractivity contribution >= 4 is 31.5 Å². The van der Waals surface area contributed by atoms with Crippen LogP contribution in [0.1, 0.15) is 24.1 Å². The molecule has 0 fully saturated rings. The molecular formula is C19H21F3N2O5S2. The molecule has 2 rings (SSSR count). The van der Waals surface area contributed by atoms with E-state index in [0.717, 1.165) is 30.7 Å². The first-order valence-electron chi connectivity index (χ1n) is 8.83. The topological polar surface area (TPSA) is 101 Å². The van der Waals surface area contributed by atoms with Gasteiger partial charge in [0.05, 0.1) is 28.4 Å². The molecule has 0 bridgehead atoms. The van der Waals surface area contributed by atoms with E-state index in [1.807, 2.05) is 0 Å². The number of benzene rings is 2. The molecular weight excluding hydrogens is 457 g/mol. The molecule has 1 unspecified atom stereocenters. The van der Waals surface area contributed by atoms with Crippen molar-refractivity contribution in [2.45, 2.75) is 24.0 Å². The predicted molar refractivity (Wildman–Crippen MR) is 110 cm³/mol. The summed E-state index contributed by atoms with van der Waals surface area (Å²) < 4.78 is 86.8. The normalized spacial score (nSPS) is 13.5. The number of hydrogen-bond acceptors (Lipinski definition) is 5. The number of sulfonamides is 1. The Labute approximate surface area is 178 Å². The summed E-state index contributed by atoms with van der Waals surface area (Å²) in [6, 6.07) is 8.82. The third kappa shape index (κ3) is 6.69. The molecule has 0 saturated heterocycles. The van der Waals surface area contributed by atoms with Gasteiger partial charge in [0.1, 0.15) is 6.54 Å². The Morgan fingerprint density at radius 2 is 1.61 bits per heavy atom. The molecule has 1 amide bonds. The lowest BCUT2D eigenvalue weighted by molar-refractivity contribution is -0.137. The molecule has 31 heavy (non-hydrogen) atoms. The molecule has 12 heteroatoms. The van der Waals surface area contributed by atoms with Crippen molar-refractivity contribution in [2.75, 3.05) is 23.4 Å². The van der Waals surface area contributed by atoms with Crippen LogP contribution in [0.5, 0.6) is 0 Å². The quantitative estimate of drug-likeness (QED) is 0.660. The summed E-state index contributed by atoms with van der Waals surface area (Å²) in [5, 5.41) is 2.55. The molecule has 7 nitrogen and oxygen atoms in total. The predicted octanol–water partition coefficient (Wildman–Crippen LogP) is 2.75. The number of anilines is 1. The van der Waals surface area contributed by atoms with E-state index >= 15 is 0 Å². The monoisotopic (exact) mass is 478 g/mol. The van der Waals surface area contributed by atoms with Gasteiger partial charge in [0.2, 0.25) is 15.9 Å². The molecule has 0 aliphatic heterocycles. The van der Waals surface area contributed by atoms with Crippen molar-refractivity contribution in [1.29, 1.82) is 0 Å². The zero-order chi connectivity index (χ0) is 23.6. The standard InChI is InChI=1S/C19H21F3N2O5S2/c1-13(14-7-9-17(10-8-14)30(2,26)27)23-18(25)12-24(31(3,28)29)16-6-4-5-15(11-16)19(20,21)22/h4-11,13H,12H2,1-3H3,(H,23,25). The summed E-state index contributed by atoms with van der Waals surface area (Å²) in [4.78, 5) is 12.5. The van der Waals surface area contributed by atoms with Crippen LogP contribution in [-0.2, 0) is 30.8 Å².